The fourth-order valence-corrected chi connectivity index (χ4v) is 2.39. The van der Waals surface area contributed by atoms with Crippen molar-refractivity contribution < 1.29 is 17.9 Å². The number of aryl methyl sites for hydroxylation is 1. The van der Waals surface area contributed by atoms with E-state index in [2.05, 4.69) is 4.72 Å². The number of nitrogens with one attached hydrogen (secondary N) is 1. The molecule has 1 atom stereocenters. The summed E-state index contributed by atoms with van der Waals surface area (Å²) in [6, 6.07) is 7.87. The van der Waals surface area contributed by atoms with Crippen molar-refractivity contribution in [1.82, 2.24) is 4.72 Å². The highest BCUT2D eigenvalue weighted by Gasteiger charge is 2.44. The Kier molecular flexibility index (Phi) is 4.13. The SMILES string of the molecule is COc1ccc(CCC2(CNS(C)(=O)=O)CO2)cc1. The molecule has 106 valence electrons. The molecular formula is C13H19NO4S. The van der Waals surface area contributed by atoms with Crippen LogP contribution in [0, 0.1) is 0 Å². The van der Waals surface area contributed by atoms with E-state index in [1.165, 1.54) is 5.56 Å². The number of hydrogen-bond acceptors (Lipinski definition) is 4. The van der Waals surface area contributed by atoms with Crippen LogP contribution in [-0.4, -0.2) is 40.5 Å². The van der Waals surface area contributed by atoms with E-state index in [1.54, 1.807) is 7.11 Å². The van der Waals surface area contributed by atoms with E-state index in [-0.39, 0.29) is 5.60 Å². The van der Waals surface area contributed by atoms with Crippen molar-refractivity contribution in [1.29, 1.82) is 0 Å². The van der Waals surface area contributed by atoms with Crippen LogP contribution in [0.15, 0.2) is 24.3 Å². The summed E-state index contributed by atoms with van der Waals surface area (Å²) in [5, 5.41) is 0. The topological polar surface area (TPSA) is 67.9 Å². The summed E-state index contributed by atoms with van der Waals surface area (Å²) < 4.78 is 35.2. The lowest BCUT2D eigenvalue weighted by Crippen LogP contribution is -2.34. The molecule has 1 fully saturated rings. The van der Waals surface area contributed by atoms with Gasteiger partial charge in [-0.3, -0.25) is 0 Å². The zero-order valence-corrected chi connectivity index (χ0v) is 12.0. The summed E-state index contributed by atoms with van der Waals surface area (Å²) in [6.07, 6.45) is 2.82. The molecule has 0 saturated carbocycles. The van der Waals surface area contributed by atoms with E-state index in [0.29, 0.717) is 13.2 Å². The minimum absolute atomic E-state index is 0.316. The van der Waals surface area contributed by atoms with E-state index in [0.717, 1.165) is 24.8 Å². The van der Waals surface area contributed by atoms with Crippen molar-refractivity contribution in [2.75, 3.05) is 26.5 Å². The average molecular weight is 285 g/mol. The third-order valence-corrected chi connectivity index (χ3v) is 3.91. The Morgan fingerprint density at radius 1 is 1.37 bits per heavy atom. The first-order valence-electron chi connectivity index (χ1n) is 6.14. The van der Waals surface area contributed by atoms with Crippen LogP contribution in [-0.2, 0) is 21.2 Å². The minimum atomic E-state index is -3.16. The molecule has 0 aromatic heterocycles. The fourth-order valence-electron chi connectivity index (χ4n) is 1.86. The first-order chi connectivity index (χ1) is 8.92. The number of methoxy groups -OCH3 is 1. The van der Waals surface area contributed by atoms with Crippen molar-refractivity contribution in [3.05, 3.63) is 29.8 Å². The number of hydrogen-bond donors (Lipinski definition) is 1. The summed E-state index contributed by atoms with van der Waals surface area (Å²) >= 11 is 0. The predicted octanol–water partition coefficient (Wildman–Crippen LogP) is 0.946. The molecule has 0 aliphatic carbocycles. The number of ether oxygens (including phenoxy) is 2. The van der Waals surface area contributed by atoms with Crippen LogP contribution >= 0.6 is 0 Å². The molecule has 0 amide bonds. The summed E-state index contributed by atoms with van der Waals surface area (Å²) in [5.74, 6) is 0.833. The Morgan fingerprint density at radius 2 is 2.00 bits per heavy atom. The lowest BCUT2D eigenvalue weighted by atomic mass is 10.0. The molecule has 0 radical (unpaired) electrons. The van der Waals surface area contributed by atoms with E-state index in [9.17, 15) is 8.42 Å². The quantitative estimate of drug-likeness (QED) is 0.757. The van der Waals surface area contributed by atoms with Gasteiger partial charge in [-0.2, -0.15) is 0 Å². The summed E-state index contributed by atoms with van der Waals surface area (Å²) in [7, 11) is -1.52. The number of rotatable bonds is 7. The van der Waals surface area contributed by atoms with Gasteiger partial charge in [0.25, 0.3) is 0 Å². The largest absolute Gasteiger partial charge is 0.497 e. The van der Waals surface area contributed by atoms with Gasteiger partial charge in [-0.15, -0.1) is 0 Å². The van der Waals surface area contributed by atoms with Gasteiger partial charge in [0, 0.05) is 6.54 Å². The van der Waals surface area contributed by atoms with Gasteiger partial charge in [0.1, 0.15) is 11.4 Å². The molecule has 1 aliphatic heterocycles. The highest BCUT2D eigenvalue weighted by molar-refractivity contribution is 7.88. The van der Waals surface area contributed by atoms with Crippen molar-refractivity contribution in [3.8, 4) is 5.75 Å². The van der Waals surface area contributed by atoms with Gasteiger partial charge in [-0.05, 0) is 30.5 Å². The highest BCUT2D eigenvalue weighted by atomic mass is 32.2. The Hall–Kier alpha value is -1.11. The maximum absolute atomic E-state index is 11.1. The molecule has 1 aromatic carbocycles. The molecule has 0 spiro atoms. The Bertz CT molecular complexity index is 520. The molecular weight excluding hydrogens is 266 g/mol. The van der Waals surface area contributed by atoms with Gasteiger partial charge in [0.2, 0.25) is 10.0 Å². The maximum atomic E-state index is 11.1. The van der Waals surface area contributed by atoms with E-state index < -0.39 is 10.0 Å². The van der Waals surface area contributed by atoms with Crippen molar-refractivity contribution in [2.45, 2.75) is 18.4 Å². The number of benzene rings is 1. The molecule has 1 heterocycles. The zero-order valence-electron chi connectivity index (χ0n) is 11.2. The average Bonchev–Trinajstić information content (AvgIpc) is 3.15. The Balaban J connectivity index is 1.84. The normalized spacial score (nSPS) is 22.2. The van der Waals surface area contributed by atoms with Gasteiger partial charge in [0.15, 0.2) is 0 Å². The van der Waals surface area contributed by atoms with Crippen LogP contribution in [0.25, 0.3) is 0 Å². The van der Waals surface area contributed by atoms with Crippen LogP contribution in [0.2, 0.25) is 0 Å². The minimum Gasteiger partial charge on any atom is -0.497 e. The molecule has 5 nitrogen and oxygen atoms in total. The van der Waals surface area contributed by atoms with Crippen molar-refractivity contribution >= 4 is 10.0 Å². The first kappa shape index (κ1) is 14.3. The Morgan fingerprint density at radius 3 is 2.47 bits per heavy atom. The lowest BCUT2D eigenvalue weighted by Gasteiger charge is -2.12. The molecule has 1 unspecified atom stereocenters. The molecule has 0 bridgehead atoms. The van der Waals surface area contributed by atoms with Crippen LogP contribution in [0.5, 0.6) is 5.75 Å². The molecule has 6 heteroatoms. The van der Waals surface area contributed by atoms with Crippen LogP contribution < -0.4 is 9.46 Å². The Labute approximate surface area is 114 Å². The zero-order chi connectivity index (χ0) is 13.9. The second-order valence-electron chi connectivity index (χ2n) is 4.91. The van der Waals surface area contributed by atoms with Crippen LogP contribution in [0.1, 0.15) is 12.0 Å². The molecule has 19 heavy (non-hydrogen) atoms. The highest BCUT2D eigenvalue weighted by Crippen LogP contribution is 2.31. The number of sulfonamides is 1. The smallest absolute Gasteiger partial charge is 0.208 e. The first-order valence-corrected chi connectivity index (χ1v) is 8.03. The maximum Gasteiger partial charge on any atom is 0.208 e. The monoisotopic (exact) mass is 285 g/mol. The standard InChI is InChI=1S/C13H19NO4S/c1-17-12-5-3-11(4-6-12)7-8-13(10-18-13)9-14-19(2,15)16/h3-6,14H,7-10H2,1-2H3. The van der Waals surface area contributed by atoms with E-state index >= 15 is 0 Å². The van der Waals surface area contributed by atoms with Gasteiger partial charge in [-0.25, -0.2) is 13.1 Å². The van der Waals surface area contributed by atoms with Gasteiger partial charge >= 0.3 is 0 Å². The third-order valence-electron chi connectivity index (χ3n) is 3.24. The van der Waals surface area contributed by atoms with Crippen molar-refractivity contribution in [2.24, 2.45) is 0 Å². The number of epoxide rings is 1. The van der Waals surface area contributed by atoms with Crippen LogP contribution in [0.4, 0.5) is 0 Å². The predicted molar refractivity (Wildman–Crippen MR) is 72.8 cm³/mol. The van der Waals surface area contributed by atoms with Crippen molar-refractivity contribution in [3.63, 3.8) is 0 Å². The van der Waals surface area contributed by atoms with Gasteiger partial charge < -0.3 is 9.47 Å². The van der Waals surface area contributed by atoms with E-state index in [4.69, 9.17) is 9.47 Å². The van der Waals surface area contributed by atoms with Gasteiger partial charge in [0.05, 0.1) is 20.0 Å². The second kappa shape index (κ2) is 5.48. The molecule has 1 N–H and O–H groups in total. The van der Waals surface area contributed by atoms with Crippen LogP contribution in [0.3, 0.4) is 0 Å². The molecule has 2 rings (SSSR count). The summed E-state index contributed by atoms with van der Waals surface area (Å²) in [4.78, 5) is 0. The van der Waals surface area contributed by atoms with E-state index in [1.807, 2.05) is 24.3 Å². The lowest BCUT2D eigenvalue weighted by molar-refractivity contribution is 0.289. The molecule has 1 aliphatic rings. The summed E-state index contributed by atoms with van der Waals surface area (Å²) in [5.41, 5.74) is 0.873. The molecule has 1 aromatic rings. The third kappa shape index (κ3) is 4.49. The van der Waals surface area contributed by atoms with Gasteiger partial charge in [-0.1, -0.05) is 12.1 Å². The summed E-state index contributed by atoms with van der Waals surface area (Å²) in [6.45, 7) is 0.966. The molecule has 1 saturated heterocycles. The fraction of sp³-hybridized carbons (Fsp3) is 0.538. The second-order valence-corrected chi connectivity index (χ2v) is 6.75.